The van der Waals surface area contributed by atoms with Crippen molar-refractivity contribution in [3.05, 3.63) is 23.8 Å². The van der Waals surface area contributed by atoms with Crippen LogP contribution in [-0.2, 0) is 20.7 Å². The van der Waals surface area contributed by atoms with Gasteiger partial charge < -0.3 is 14.5 Å². The Bertz CT molecular complexity index is 1020. The monoisotopic (exact) mass is 530 g/mol. The summed E-state index contributed by atoms with van der Waals surface area (Å²) in [6.07, 6.45) is 4.04. The Kier molecular flexibility index (Phi) is 8.31. The van der Waals surface area contributed by atoms with Gasteiger partial charge in [-0.1, -0.05) is 39.1 Å². The number of likely N-dealkylation sites (tertiary alicyclic amines) is 1. The van der Waals surface area contributed by atoms with E-state index in [-0.39, 0.29) is 23.9 Å². The first-order valence-electron chi connectivity index (χ1n) is 13.7. The van der Waals surface area contributed by atoms with E-state index < -0.39 is 11.7 Å². The smallest absolute Gasteiger partial charge is 0.420 e. The molecule has 2 fully saturated rings. The predicted octanol–water partition coefficient (Wildman–Crippen LogP) is 4.66. The molecule has 1 unspecified atom stereocenters. The lowest BCUT2D eigenvalue weighted by atomic mass is 9.99. The summed E-state index contributed by atoms with van der Waals surface area (Å²) in [6, 6.07) is 6.09. The third kappa shape index (κ3) is 6.02. The van der Waals surface area contributed by atoms with Crippen molar-refractivity contribution in [2.24, 2.45) is 5.92 Å². The van der Waals surface area contributed by atoms with Crippen LogP contribution in [-0.4, -0.2) is 71.0 Å². The fourth-order valence-corrected chi connectivity index (χ4v) is 5.88. The molecule has 0 aromatic heterocycles. The van der Waals surface area contributed by atoms with Crippen molar-refractivity contribution in [3.8, 4) is 0 Å². The molecular formula is C28H42N4O4S. The molecule has 0 bridgehead atoms. The molecule has 0 N–H and O–H groups in total. The lowest BCUT2D eigenvalue weighted by molar-refractivity contribution is -0.149. The lowest BCUT2D eigenvalue weighted by Crippen LogP contribution is -2.55. The van der Waals surface area contributed by atoms with E-state index in [0.29, 0.717) is 25.3 Å². The Morgan fingerprint density at radius 3 is 2.43 bits per heavy atom. The Labute approximate surface area is 226 Å². The fraction of sp³-hybridized carbons (Fsp3) is 0.679. The first kappa shape index (κ1) is 27.6. The molecule has 1 aromatic carbocycles. The number of piperidine rings is 2. The normalized spacial score (nSPS) is 21.8. The maximum atomic E-state index is 13.4. The van der Waals surface area contributed by atoms with Gasteiger partial charge in [0.25, 0.3) is 5.91 Å². The second kappa shape index (κ2) is 11.1. The number of fused-ring (bicyclic) bond motifs is 1. The molecular weight excluding hydrogens is 488 g/mol. The number of carbonyl (C=O) groups excluding carboxylic acids is 3. The molecule has 0 aliphatic carbocycles. The minimum absolute atomic E-state index is 0.0246. The molecule has 204 valence electrons. The maximum absolute atomic E-state index is 13.4. The topological polar surface area (TPSA) is 73.4 Å². The van der Waals surface area contributed by atoms with Crippen LogP contribution in [0.3, 0.4) is 0 Å². The predicted molar refractivity (Wildman–Crippen MR) is 149 cm³/mol. The minimum Gasteiger partial charge on any atom is -0.443 e. The first-order chi connectivity index (χ1) is 17.5. The van der Waals surface area contributed by atoms with Gasteiger partial charge >= 0.3 is 6.09 Å². The largest absolute Gasteiger partial charge is 0.443 e. The maximum Gasteiger partial charge on any atom is 0.420 e. The molecule has 3 aliphatic heterocycles. The average Bonchev–Trinajstić information content (AvgIpc) is 3.29. The van der Waals surface area contributed by atoms with E-state index in [0.717, 1.165) is 51.0 Å². The SMILES string of the molecule is CCC(C)CN1C(=O)CC[C@H](N2CCc3c(N4CCC(N(S)C(=O)OC(C)(C)C)CC4)cccc32)C1=O. The van der Waals surface area contributed by atoms with Crippen LogP contribution in [0.25, 0.3) is 0 Å². The van der Waals surface area contributed by atoms with Gasteiger partial charge in [0.15, 0.2) is 0 Å². The number of hydrogen-bond acceptors (Lipinski definition) is 7. The number of anilines is 2. The summed E-state index contributed by atoms with van der Waals surface area (Å²) in [7, 11) is 0. The highest BCUT2D eigenvalue weighted by Crippen LogP contribution is 2.39. The van der Waals surface area contributed by atoms with Crippen LogP contribution in [0.1, 0.15) is 72.3 Å². The molecule has 4 rings (SSSR count). The lowest BCUT2D eigenvalue weighted by Gasteiger charge is -2.39. The van der Waals surface area contributed by atoms with Crippen LogP contribution in [0.5, 0.6) is 0 Å². The molecule has 37 heavy (non-hydrogen) atoms. The molecule has 0 spiro atoms. The number of thiol groups is 1. The van der Waals surface area contributed by atoms with Gasteiger partial charge in [-0.25, -0.2) is 4.79 Å². The minimum atomic E-state index is -0.548. The highest BCUT2D eigenvalue weighted by molar-refractivity contribution is 7.78. The van der Waals surface area contributed by atoms with Gasteiger partial charge in [0.1, 0.15) is 11.6 Å². The molecule has 2 saturated heterocycles. The van der Waals surface area contributed by atoms with Crippen molar-refractivity contribution in [1.82, 2.24) is 9.21 Å². The molecule has 9 heteroatoms. The van der Waals surface area contributed by atoms with Gasteiger partial charge in [-0.05, 0) is 64.5 Å². The van der Waals surface area contributed by atoms with Gasteiger partial charge in [-0.15, -0.1) is 0 Å². The van der Waals surface area contributed by atoms with Crippen LogP contribution in [0.15, 0.2) is 18.2 Å². The van der Waals surface area contributed by atoms with Crippen LogP contribution < -0.4 is 9.80 Å². The number of hydrogen-bond donors (Lipinski definition) is 1. The molecule has 3 heterocycles. The van der Waals surface area contributed by atoms with Gasteiger partial charge in [-0.3, -0.25) is 18.8 Å². The number of ether oxygens (including phenoxy) is 1. The zero-order chi connectivity index (χ0) is 26.9. The summed E-state index contributed by atoms with van der Waals surface area (Å²) in [5.74, 6) is 0.212. The van der Waals surface area contributed by atoms with Crippen molar-refractivity contribution in [3.63, 3.8) is 0 Å². The van der Waals surface area contributed by atoms with Crippen molar-refractivity contribution in [2.75, 3.05) is 36.0 Å². The van der Waals surface area contributed by atoms with Crippen LogP contribution >= 0.6 is 12.8 Å². The molecule has 0 saturated carbocycles. The Morgan fingerprint density at radius 2 is 1.78 bits per heavy atom. The quantitative estimate of drug-likeness (QED) is 0.426. The van der Waals surface area contributed by atoms with Crippen LogP contribution in [0.2, 0.25) is 0 Å². The Hall–Kier alpha value is -2.42. The molecule has 1 aromatic rings. The highest BCUT2D eigenvalue weighted by Gasteiger charge is 2.41. The second-order valence-corrected chi connectivity index (χ2v) is 12.1. The highest BCUT2D eigenvalue weighted by atomic mass is 32.1. The number of carbonyl (C=O) groups is 3. The average molecular weight is 531 g/mol. The Morgan fingerprint density at radius 1 is 1.11 bits per heavy atom. The van der Waals surface area contributed by atoms with Gasteiger partial charge in [0.05, 0.1) is 0 Å². The van der Waals surface area contributed by atoms with E-state index in [1.54, 1.807) is 0 Å². The first-order valence-corrected chi connectivity index (χ1v) is 14.1. The van der Waals surface area contributed by atoms with Crippen molar-refractivity contribution < 1.29 is 19.1 Å². The van der Waals surface area contributed by atoms with E-state index >= 15 is 0 Å². The van der Waals surface area contributed by atoms with E-state index in [9.17, 15) is 14.4 Å². The Balaban J connectivity index is 1.44. The van der Waals surface area contributed by atoms with Crippen molar-refractivity contribution in [1.29, 1.82) is 0 Å². The van der Waals surface area contributed by atoms with E-state index in [4.69, 9.17) is 4.74 Å². The number of amides is 3. The van der Waals surface area contributed by atoms with Crippen molar-refractivity contribution >= 4 is 42.1 Å². The number of nitrogens with zero attached hydrogens (tertiary/aromatic N) is 4. The number of benzene rings is 1. The molecule has 3 aliphatic rings. The van der Waals surface area contributed by atoms with Gasteiger partial charge in [-0.2, -0.15) is 0 Å². The summed E-state index contributed by atoms with van der Waals surface area (Å²) in [4.78, 5) is 44.5. The summed E-state index contributed by atoms with van der Waals surface area (Å²) in [5.41, 5.74) is 3.04. The molecule has 8 nitrogen and oxygen atoms in total. The molecule has 0 radical (unpaired) electrons. The summed E-state index contributed by atoms with van der Waals surface area (Å²) >= 11 is 4.45. The number of imide groups is 1. The summed E-state index contributed by atoms with van der Waals surface area (Å²) < 4.78 is 6.93. The molecule has 2 atom stereocenters. The zero-order valence-corrected chi connectivity index (χ0v) is 23.8. The van der Waals surface area contributed by atoms with Crippen molar-refractivity contribution in [2.45, 2.75) is 90.8 Å². The summed E-state index contributed by atoms with van der Waals surface area (Å²) in [5, 5.41) is 0. The third-order valence-corrected chi connectivity index (χ3v) is 8.31. The summed E-state index contributed by atoms with van der Waals surface area (Å²) in [6.45, 7) is 12.7. The number of rotatable bonds is 6. The third-order valence-electron chi connectivity index (χ3n) is 7.82. The van der Waals surface area contributed by atoms with Crippen LogP contribution in [0.4, 0.5) is 16.2 Å². The standard InChI is InChI=1S/C28H42N4O4S/c1-6-19(2)18-31-25(33)11-10-24(26(31)34)30-17-14-21-22(8-7-9-23(21)30)29-15-12-20(13-16-29)32(37)27(35)36-28(3,4)5/h7-9,19-20,24,37H,6,10-18H2,1-5H3/t19?,24-/m0/s1. The van der Waals surface area contributed by atoms with E-state index in [2.05, 4.69) is 54.7 Å². The van der Waals surface area contributed by atoms with Gasteiger partial charge in [0.2, 0.25) is 5.91 Å². The van der Waals surface area contributed by atoms with Crippen LogP contribution in [0, 0.1) is 5.92 Å². The van der Waals surface area contributed by atoms with Gasteiger partial charge in [0, 0.05) is 55.6 Å². The zero-order valence-electron chi connectivity index (χ0n) is 22.9. The second-order valence-electron chi connectivity index (χ2n) is 11.7. The molecule has 3 amide bonds. The van der Waals surface area contributed by atoms with E-state index in [1.165, 1.54) is 20.5 Å². The van der Waals surface area contributed by atoms with E-state index in [1.807, 2.05) is 20.8 Å². The fourth-order valence-electron chi connectivity index (χ4n) is 5.61.